The van der Waals surface area contributed by atoms with Crippen LogP contribution in [0.2, 0.25) is 0 Å². The molecule has 0 unspecified atom stereocenters. The van der Waals surface area contributed by atoms with Gasteiger partial charge in [0.25, 0.3) is 0 Å². The Morgan fingerprint density at radius 1 is 1.21 bits per heavy atom. The summed E-state index contributed by atoms with van der Waals surface area (Å²) in [7, 11) is -3.54. The first-order chi connectivity index (χ1) is 8.81. The van der Waals surface area contributed by atoms with Crippen molar-refractivity contribution in [3.63, 3.8) is 0 Å². The first kappa shape index (κ1) is 14.5. The van der Waals surface area contributed by atoms with Gasteiger partial charge in [-0.25, -0.2) is 13.1 Å². The fraction of sp³-hybridized carbons (Fsp3) is 0.538. The summed E-state index contributed by atoms with van der Waals surface area (Å²) in [6.45, 7) is 5.27. The van der Waals surface area contributed by atoms with E-state index in [9.17, 15) is 13.5 Å². The SMILES string of the molecule is Cc1ccc(S(=O)(=O)N[C@H](C)[C@H]2O[C@@H]2[C@H](C)O)cc1. The number of rotatable bonds is 5. The number of aliphatic hydroxyl groups excluding tert-OH is 1. The summed E-state index contributed by atoms with van der Waals surface area (Å²) in [4.78, 5) is 0.235. The molecule has 1 fully saturated rings. The summed E-state index contributed by atoms with van der Waals surface area (Å²) in [6.07, 6.45) is -1.13. The van der Waals surface area contributed by atoms with E-state index >= 15 is 0 Å². The van der Waals surface area contributed by atoms with Crippen molar-refractivity contribution in [3.05, 3.63) is 29.8 Å². The number of hydrogen-bond donors (Lipinski definition) is 2. The lowest BCUT2D eigenvalue weighted by Crippen LogP contribution is -2.38. The monoisotopic (exact) mass is 285 g/mol. The van der Waals surface area contributed by atoms with Gasteiger partial charge in [0.15, 0.2) is 0 Å². The molecule has 0 saturated carbocycles. The average molecular weight is 285 g/mol. The topological polar surface area (TPSA) is 78.9 Å². The van der Waals surface area contributed by atoms with Gasteiger partial charge < -0.3 is 9.84 Å². The van der Waals surface area contributed by atoms with Crippen LogP contribution in [0, 0.1) is 6.92 Å². The van der Waals surface area contributed by atoms with Crippen LogP contribution in [0.1, 0.15) is 19.4 Å². The van der Waals surface area contributed by atoms with Crippen LogP contribution in [-0.4, -0.2) is 37.9 Å². The summed E-state index contributed by atoms with van der Waals surface area (Å²) < 4.78 is 32.1. The smallest absolute Gasteiger partial charge is 0.240 e. The first-order valence-electron chi connectivity index (χ1n) is 6.24. The fourth-order valence-electron chi connectivity index (χ4n) is 2.02. The van der Waals surface area contributed by atoms with Crippen molar-refractivity contribution < 1.29 is 18.3 Å². The maximum Gasteiger partial charge on any atom is 0.240 e. The van der Waals surface area contributed by atoms with Crippen molar-refractivity contribution in [1.29, 1.82) is 0 Å². The molecular formula is C13H19NO4S. The van der Waals surface area contributed by atoms with Gasteiger partial charge in [0.1, 0.15) is 12.2 Å². The Kier molecular flexibility index (Phi) is 3.96. The average Bonchev–Trinajstić information content (AvgIpc) is 3.08. The summed E-state index contributed by atoms with van der Waals surface area (Å²) >= 11 is 0. The normalized spacial score (nSPS) is 25.9. The lowest BCUT2D eigenvalue weighted by Gasteiger charge is -2.12. The van der Waals surface area contributed by atoms with Gasteiger partial charge in [-0.1, -0.05) is 17.7 Å². The second-order valence-electron chi connectivity index (χ2n) is 5.03. The molecule has 5 nitrogen and oxygen atoms in total. The molecule has 0 bridgehead atoms. The van der Waals surface area contributed by atoms with Gasteiger partial charge in [0, 0.05) is 6.04 Å². The van der Waals surface area contributed by atoms with E-state index in [0.29, 0.717) is 0 Å². The quantitative estimate of drug-likeness (QED) is 0.785. The number of aryl methyl sites for hydroxylation is 1. The van der Waals surface area contributed by atoms with Crippen LogP contribution in [0.4, 0.5) is 0 Å². The molecule has 4 atom stereocenters. The Morgan fingerprint density at radius 2 is 1.79 bits per heavy atom. The summed E-state index contributed by atoms with van der Waals surface area (Å²) in [6, 6.07) is 6.29. The van der Waals surface area contributed by atoms with Crippen LogP contribution in [0.15, 0.2) is 29.2 Å². The Labute approximate surface area is 113 Å². The third-order valence-electron chi connectivity index (χ3n) is 3.20. The molecule has 0 radical (unpaired) electrons. The highest BCUT2D eigenvalue weighted by Crippen LogP contribution is 2.29. The summed E-state index contributed by atoms with van der Waals surface area (Å²) in [5.41, 5.74) is 1.01. The number of sulfonamides is 1. The van der Waals surface area contributed by atoms with Crippen molar-refractivity contribution in [2.75, 3.05) is 0 Å². The van der Waals surface area contributed by atoms with E-state index < -0.39 is 16.1 Å². The van der Waals surface area contributed by atoms with Crippen LogP contribution < -0.4 is 4.72 Å². The molecule has 1 aliphatic heterocycles. The van der Waals surface area contributed by atoms with Crippen LogP contribution >= 0.6 is 0 Å². The maximum absolute atomic E-state index is 12.1. The minimum Gasteiger partial charge on any atom is -0.391 e. The van der Waals surface area contributed by atoms with Crippen molar-refractivity contribution in [2.45, 2.75) is 50.0 Å². The van der Waals surface area contributed by atoms with E-state index in [1.807, 2.05) is 6.92 Å². The van der Waals surface area contributed by atoms with Gasteiger partial charge in [-0.15, -0.1) is 0 Å². The molecule has 1 heterocycles. The zero-order chi connectivity index (χ0) is 14.2. The van der Waals surface area contributed by atoms with Gasteiger partial charge in [-0.2, -0.15) is 0 Å². The number of ether oxygens (including phenoxy) is 1. The van der Waals surface area contributed by atoms with Crippen molar-refractivity contribution in [2.24, 2.45) is 0 Å². The maximum atomic E-state index is 12.1. The van der Waals surface area contributed by atoms with Crippen molar-refractivity contribution >= 4 is 10.0 Å². The summed E-state index contributed by atoms with van der Waals surface area (Å²) in [5, 5.41) is 9.36. The predicted octanol–water partition coefficient (Wildman–Crippen LogP) is 0.810. The minimum absolute atomic E-state index is 0.235. The highest BCUT2D eigenvalue weighted by Gasteiger charge is 2.47. The van der Waals surface area contributed by atoms with Crippen LogP contribution in [0.5, 0.6) is 0 Å². The summed E-state index contributed by atoms with van der Waals surface area (Å²) in [5.74, 6) is 0. The second kappa shape index (κ2) is 5.20. The van der Waals surface area contributed by atoms with Crippen LogP contribution in [0.25, 0.3) is 0 Å². The molecule has 0 amide bonds. The molecule has 19 heavy (non-hydrogen) atoms. The van der Waals surface area contributed by atoms with Crippen molar-refractivity contribution in [1.82, 2.24) is 4.72 Å². The van der Waals surface area contributed by atoms with Gasteiger partial charge in [-0.05, 0) is 32.9 Å². The standard InChI is InChI=1S/C13H19NO4S/c1-8-4-6-11(7-5-8)19(16,17)14-9(2)12-13(18-12)10(3)15/h4-7,9-10,12-15H,1-3H3/t9-,10+,12-,13-/m1/s1. The van der Waals surface area contributed by atoms with Gasteiger partial charge in [0.2, 0.25) is 10.0 Å². The zero-order valence-corrected chi connectivity index (χ0v) is 12.0. The van der Waals surface area contributed by atoms with E-state index in [1.54, 1.807) is 38.1 Å². The third-order valence-corrected chi connectivity index (χ3v) is 4.78. The molecule has 2 rings (SSSR count). The molecule has 0 aromatic heterocycles. The molecule has 1 aromatic carbocycles. The van der Waals surface area contributed by atoms with Gasteiger partial charge >= 0.3 is 0 Å². The largest absolute Gasteiger partial charge is 0.391 e. The Bertz CT molecular complexity index is 538. The van der Waals surface area contributed by atoms with Crippen LogP contribution in [0.3, 0.4) is 0 Å². The number of aliphatic hydroxyl groups is 1. The van der Waals surface area contributed by atoms with E-state index in [2.05, 4.69) is 4.72 Å². The lowest BCUT2D eigenvalue weighted by molar-refractivity contribution is 0.152. The van der Waals surface area contributed by atoms with E-state index in [1.165, 1.54) is 0 Å². The lowest BCUT2D eigenvalue weighted by atomic mass is 10.1. The zero-order valence-electron chi connectivity index (χ0n) is 11.2. The minimum atomic E-state index is -3.54. The molecule has 106 valence electrons. The number of benzene rings is 1. The van der Waals surface area contributed by atoms with E-state index in [4.69, 9.17) is 4.74 Å². The number of nitrogens with one attached hydrogen (secondary N) is 1. The molecule has 0 spiro atoms. The van der Waals surface area contributed by atoms with E-state index in [-0.39, 0.29) is 23.1 Å². The van der Waals surface area contributed by atoms with E-state index in [0.717, 1.165) is 5.56 Å². The van der Waals surface area contributed by atoms with Gasteiger partial charge in [-0.3, -0.25) is 0 Å². The molecule has 6 heteroatoms. The molecule has 2 N–H and O–H groups in total. The third kappa shape index (κ3) is 3.33. The number of hydrogen-bond acceptors (Lipinski definition) is 4. The van der Waals surface area contributed by atoms with Crippen molar-refractivity contribution in [3.8, 4) is 0 Å². The molecule has 1 saturated heterocycles. The second-order valence-corrected chi connectivity index (χ2v) is 6.74. The molecule has 0 aliphatic carbocycles. The highest BCUT2D eigenvalue weighted by molar-refractivity contribution is 7.89. The van der Waals surface area contributed by atoms with Gasteiger partial charge in [0.05, 0.1) is 11.0 Å². The Balaban J connectivity index is 2.04. The highest BCUT2D eigenvalue weighted by atomic mass is 32.2. The predicted molar refractivity (Wildman–Crippen MR) is 71.3 cm³/mol. The molecule has 1 aromatic rings. The number of epoxide rings is 1. The Hall–Kier alpha value is -0.950. The first-order valence-corrected chi connectivity index (χ1v) is 7.72. The Morgan fingerprint density at radius 3 is 2.26 bits per heavy atom. The molecule has 1 aliphatic rings. The molecular weight excluding hydrogens is 266 g/mol. The van der Waals surface area contributed by atoms with Crippen LogP contribution in [-0.2, 0) is 14.8 Å². The fourth-order valence-corrected chi connectivity index (χ4v) is 3.28.